The van der Waals surface area contributed by atoms with Crippen LogP contribution in [-0.2, 0) is 6.61 Å². The summed E-state index contributed by atoms with van der Waals surface area (Å²) in [5.74, 6) is 7.55. The van der Waals surface area contributed by atoms with E-state index in [1.54, 1.807) is 17.5 Å². The molecular weight excluding hydrogens is 456 g/mol. The highest BCUT2D eigenvalue weighted by atomic mass is 32.1. The third kappa shape index (κ3) is 6.40. The molecule has 0 unspecified atom stereocenters. The minimum Gasteiger partial charge on any atom is -0.485 e. The van der Waals surface area contributed by atoms with Gasteiger partial charge >= 0.3 is 0 Å². The quantitative estimate of drug-likeness (QED) is 0.450. The zero-order chi connectivity index (χ0) is 24.8. The van der Waals surface area contributed by atoms with Gasteiger partial charge < -0.3 is 20.5 Å². The second-order valence-electron chi connectivity index (χ2n) is 9.23. The molecule has 184 valence electrons. The number of aromatic nitrogens is 2. The first-order chi connectivity index (χ1) is 16.9. The summed E-state index contributed by atoms with van der Waals surface area (Å²) in [6, 6.07) is 9.79. The van der Waals surface area contributed by atoms with E-state index in [9.17, 15) is 5.11 Å². The van der Waals surface area contributed by atoms with Crippen LogP contribution in [0.3, 0.4) is 0 Å². The largest absolute Gasteiger partial charge is 0.485 e. The van der Waals surface area contributed by atoms with Gasteiger partial charge in [-0.05, 0) is 69.6 Å². The average molecular weight is 491 g/mol. The van der Waals surface area contributed by atoms with Gasteiger partial charge in [0, 0.05) is 29.4 Å². The van der Waals surface area contributed by atoms with Crippen molar-refractivity contribution in [3.05, 3.63) is 58.9 Å². The fraction of sp³-hybridized carbons (Fsp3) is 0.429. The van der Waals surface area contributed by atoms with Gasteiger partial charge in [-0.2, -0.15) is 0 Å². The minimum atomic E-state index is -0.948. The van der Waals surface area contributed by atoms with Crippen molar-refractivity contribution in [3.8, 4) is 28.0 Å². The molecule has 0 saturated carbocycles. The maximum absolute atomic E-state index is 10.4. The molecule has 7 heteroatoms. The number of ether oxygens (including phenoxy) is 1. The lowest BCUT2D eigenvalue weighted by Gasteiger charge is -2.27. The topological polar surface area (TPSA) is 84.5 Å². The molecule has 0 atom stereocenters. The number of nitrogen functional groups attached to an aromatic ring is 1. The molecule has 1 aliphatic rings. The molecule has 0 spiro atoms. The molecule has 3 heterocycles. The molecule has 1 aliphatic heterocycles. The van der Waals surface area contributed by atoms with Gasteiger partial charge in [-0.15, -0.1) is 11.3 Å². The molecule has 0 amide bonds. The molecule has 0 aliphatic carbocycles. The number of nitrogens with two attached hydrogens (primary N) is 1. The highest BCUT2D eigenvalue weighted by molar-refractivity contribution is 7.15. The molecule has 2 aromatic heterocycles. The number of anilines is 1. The van der Waals surface area contributed by atoms with E-state index < -0.39 is 5.60 Å². The summed E-state index contributed by atoms with van der Waals surface area (Å²) in [6.45, 7) is 6.46. The lowest BCUT2D eigenvalue weighted by molar-refractivity contribution is 0.0931. The van der Waals surface area contributed by atoms with Crippen LogP contribution < -0.4 is 10.5 Å². The molecule has 3 aromatic rings. The molecule has 1 aromatic carbocycles. The number of hydrogen-bond donors (Lipinski definition) is 2. The number of rotatable bonds is 7. The van der Waals surface area contributed by atoms with Gasteiger partial charge in [0.25, 0.3) is 0 Å². The number of nitrogens with zero attached hydrogens (tertiary/aromatic N) is 3. The predicted molar refractivity (Wildman–Crippen MR) is 142 cm³/mol. The van der Waals surface area contributed by atoms with E-state index in [0.29, 0.717) is 36.9 Å². The van der Waals surface area contributed by atoms with Gasteiger partial charge in [0.1, 0.15) is 12.2 Å². The van der Waals surface area contributed by atoms with E-state index in [1.807, 2.05) is 50.4 Å². The van der Waals surface area contributed by atoms with E-state index in [-0.39, 0.29) is 0 Å². The van der Waals surface area contributed by atoms with Crippen molar-refractivity contribution in [1.29, 1.82) is 0 Å². The van der Waals surface area contributed by atoms with Crippen LogP contribution in [0.5, 0.6) is 5.75 Å². The summed E-state index contributed by atoms with van der Waals surface area (Å²) < 4.78 is 6.06. The first-order valence-corrected chi connectivity index (χ1v) is 13.1. The second kappa shape index (κ2) is 11.2. The van der Waals surface area contributed by atoms with Crippen LogP contribution in [0, 0.1) is 11.8 Å². The smallest absolute Gasteiger partial charge is 0.166 e. The molecule has 4 rings (SSSR count). The lowest BCUT2D eigenvalue weighted by atomic mass is 9.98. The fourth-order valence-corrected chi connectivity index (χ4v) is 5.15. The van der Waals surface area contributed by atoms with Crippen LogP contribution in [0.25, 0.3) is 10.4 Å². The number of aliphatic hydroxyl groups is 1. The van der Waals surface area contributed by atoms with Crippen molar-refractivity contribution in [2.75, 3.05) is 25.9 Å². The summed E-state index contributed by atoms with van der Waals surface area (Å²) in [5, 5.41) is 11.6. The van der Waals surface area contributed by atoms with E-state index >= 15 is 0 Å². The SMILES string of the molecule is CCC(O)(C#Cc1cccc(COc2cc(-c3cnc(C4CCN(C)CC4)s3)cnc2N)c1)CC. The molecule has 3 N–H and O–H groups in total. The summed E-state index contributed by atoms with van der Waals surface area (Å²) in [5.41, 5.74) is 7.95. The van der Waals surface area contributed by atoms with Gasteiger partial charge in [0.2, 0.25) is 0 Å². The Morgan fingerprint density at radius 2 is 1.94 bits per heavy atom. The normalized spacial score (nSPS) is 15.0. The number of thiazole rings is 1. The van der Waals surface area contributed by atoms with Crippen molar-refractivity contribution >= 4 is 17.2 Å². The van der Waals surface area contributed by atoms with Crippen molar-refractivity contribution in [2.24, 2.45) is 0 Å². The maximum Gasteiger partial charge on any atom is 0.166 e. The molecule has 6 nitrogen and oxygen atoms in total. The van der Waals surface area contributed by atoms with Gasteiger partial charge in [0.05, 0.1) is 9.88 Å². The third-order valence-corrected chi connectivity index (χ3v) is 7.90. The van der Waals surface area contributed by atoms with Crippen molar-refractivity contribution in [1.82, 2.24) is 14.9 Å². The van der Waals surface area contributed by atoms with Crippen LogP contribution in [0.15, 0.2) is 42.7 Å². The monoisotopic (exact) mass is 490 g/mol. The number of pyridine rings is 1. The number of benzene rings is 1. The molecular formula is C28H34N4O2S. The Morgan fingerprint density at radius 3 is 2.69 bits per heavy atom. The van der Waals surface area contributed by atoms with Crippen molar-refractivity contribution < 1.29 is 9.84 Å². The Morgan fingerprint density at radius 1 is 1.17 bits per heavy atom. The van der Waals surface area contributed by atoms with Gasteiger partial charge in [-0.25, -0.2) is 9.97 Å². The van der Waals surface area contributed by atoms with E-state index in [2.05, 4.69) is 28.8 Å². The highest BCUT2D eigenvalue weighted by Crippen LogP contribution is 2.36. The zero-order valence-electron chi connectivity index (χ0n) is 20.8. The Kier molecular flexibility index (Phi) is 8.07. The van der Waals surface area contributed by atoms with Gasteiger partial charge in [0.15, 0.2) is 11.6 Å². The molecule has 0 radical (unpaired) electrons. The van der Waals surface area contributed by atoms with Gasteiger partial charge in [-0.1, -0.05) is 37.8 Å². The Labute approximate surface area is 212 Å². The van der Waals surface area contributed by atoms with Crippen LogP contribution in [0.1, 0.15) is 61.6 Å². The van der Waals surface area contributed by atoms with Crippen LogP contribution in [-0.4, -0.2) is 45.7 Å². The van der Waals surface area contributed by atoms with E-state index in [1.165, 1.54) is 5.01 Å². The predicted octanol–water partition coefficient (Wildman–Crippen LogP) is 5.08. The molecule has 1 fully saturated rings. The minimum absolute atomic E-state index is 0.347. The Hall–Kier alpha value is -2.92. The first kappa shape index (κ1) is 25.2. The second-order valence-corrected chi connectivity index (χ2v) is 10.3. The summed E-state index contributed by atoms with van der Waals surface area (Å²) >= 11 is 1.73. The molecule has 1 saturated heterocycles. The van der Waals surface area contributed by atoms with Crippen LogP contribution in [0.4, 0.5) is 5.82 Å². The molecule has 35 heavy (non-hydrogen) atoms. The van der Waals surface area contributed by atoms with Crippen molar-refractivity contribution in [2.45, 2.75) is 57.7 Å². The van der Waals surface area contributed by atoms with E-state index in [0.717, 1.165) is 47.5 Å². The average Bonchev–Trinajstić information content (AvgIpc) is 3.38. The highest BCUT2D eigenvalue weighted by Gasteiger charge is 2.22. The Balaban J connectivity index is 1.45. The summed E-state index contributed by atoms with van der Waals surface area (Å²) in [4.78, 5) is 12.5. The number of piperidine rings is 1. The van der Waals surface area contributed by atoms with Crippen molar-refractivity contribution in [3.63, 3.8) is 0 Å². The van der Waals surface area contributed by atoms with Crippen LogP contribution in [0.2, 0.25) is 0 Å². The fourth-order valence-electron chi connectivity index (χ4n) is 4.09. The zero-order valence-corrected chi connectivity index (χ0v) is 21.6. The van der Waals surface area contributed by atoms with Crippen LogP contribution >= 0.6 is 11.3 Å². The van der Waals surface area contributed by atoms with E-state index in [4.69, 9.17) is 15.5 Å². The summed E-state index contributed by atoms with van der Waals surface area (Å²) in [7, 11) is 2.17. The maximum atomic E-state index is 10.4. The first-order valence-electron chi connectivity index (χ1n) is 12.3. The number of hydrogen-bond acceptors (Lipinski definition) is 7. The Bertz CT molecular complexity index is 1200. The standard InChI is InChI=1S/C28H34N4O2S/c1-4-28(33,5-2)12-9-20-7-6-8-21(15-20)19-34-24-16-23(17-30-26(24)29)25-18-31-27(35-25)22-10-13-32(3)14-11-22/h6-8,15-18,22,33H,4-5,10-11,13-14,19H2,1-3H3,(H2,29,30). The summed E-state index contributed by atoms with van der Waals surface area (Å²) in [6.07, 6.45) is 7.22. The lowest BCUT2D eigenvalue weighted by Crippen LogP contribution is -2.29. The third-order valence-electron chi connectivity index (χ3n) is 6.69. The van der Waals surface area contributed by atoms with Gasteiger partial charge in [-0.3, -0.25) is 0 Å². The number of likely N-dealkylation sites (tertiary alicyclic amines) is 1. The molecule has 0 bridgehead atoms.